The second kappa shape index (κ2) is 5.28. The van der Waals surface area contributed by atoms with Crippen LogP contribution in [-0.2, 0) is 0 Å². The number of nitrogens with one attached hydrogen (secondary N) is 1. The highest BCUT2D eigenvalue weighted by Gasteiger charge is 2.13. The summed E-state index contributed by atoms with van der Waals surface area (Å²) in [6.07, 6.45) is 0. The molecule has 1 heterocycles. The molecule has 0 saturated heterocycles. The van der Waals surface area contributed by atoms with E-state index < -0.39 is 5.97 Å². The summed E-state index contributed by atoms with van der Waals surface area (Å²) in [6.45, 7) is 2.55. The fourth-order valence-corrected chi connectivity index (χ4v) is 2.22. The summed E-state index contributed by atoms with van der Waals surface area (Å²) in [5.41, 5.74) is 2.25. The molecule has 0 saturated carbocycles. The molecule has 0 bridgehead atoms. The van der Waals surface area contributed by atoms with Crippen LogP contribution in [0, 0.1) is 0 Å². The van der Waals surface area contributed by atoms with Crippen LogP contribution in [0.15, 0.2) is 42.5 Å². The molecule has 2 N–H and O–H groups in total. The number of nitrogens with zero attached hydrogens (tertiary/aromatic N) is 1. The summed E-state index contributed by atoms with van der Waals surface area (Å²) in [7, 11) is 0. The monoisotopic (exact) mass is 282 g/mol. The van der Waals surface area contributed by atoms with Crippen molar-refractivity contribution < 1.29 is 14.6 Å². The van der Waals surface area contributed by atoms with Crippen molar-refractivity contribution in [3.05, 3.63) is 48.0 Å². The van der Waals surface area contributed by atoms with Crippen molar-refractivity contribution in [2.24, 2.45) is 0 Å². The van der Waals surface area contributed by atoms with E-state index in [4.69, 9.17) is 4.74 Å². The van der Waals surface area contributed by atoms with Crippen molar-refractivity contribution in [3.8, 4) is 17.1 Å². The number of para-hydroxylation sites is 1. The zero-order valence-electron chi connectivity index (χ0n) is 11.5. The Morgan fingerprint density at radius 3 is 2.67 bits per heavy atom. The third-order valence-corrected chi connectivity index (χ3v) is 3.18. The summed E-state index contributed by atoms with van der Waals surface area (Å²) >= 11 is 0. The second-order valence-corrected chi connectivity index (χ2v) is 4.55. The van der Waals surface area contributed by atoms with Gasteiger partial charge in [-0.1, -0.05) is 6.07 Å². The highest BCUT2D eigenvalue weighted by molar-refractivity contribution is 6.01. The van der Waals surface area contributed by atoms with Gasteiger partial charge in [0.05, 0.1) is 17.7 Å². The first-order chi connectivity index (χ1) is 10.2. The Labute approximate surface area is 121 Å². The lowest BCUT2D eigenvalue weighted by Gasteiger charge is -2.02. The lowest BCUT2D eigenvalue weighted by atomic mass is 10.2. The van der Waals surface area contributed by atoms with Gasteiger partial charge in [0.25, 0.3) is 0 Å². The number of benzene rings is 2. The molecule has 0 amide bonds. The largest absolute Gasteiger partial charge is 0.494 e. The first-order valence-corrected chi connectivity index (χ1v) is 6.64. The van der Waals surface area contributed by atoms with E-state index in [2.05, 4.69) is 9.97 Å². The SMILES string of the molecule is CCOc1ccc(-c2nc3c(C(=O)O)cccc3[nH]2)cc1. The molecule has 21 heavy (non-hydrogen) atoms. The number of aromatic amines is 1. The van der Waals surface area contributed by atoms with Crippen LogP contribution >= 0.6 is 0 Å². The molecule has 1 aromatic heterocycles. The minimum atomic E-state index is -0.981. The molecular formula is C16H14N2O3. The van der Waals surface area contributed by atoms with Crippen molar-refractivity contribution >= 4 is 17.0 Å². The molecule has 0 unspecified atom stereocenters. The lowest BCUT2D eigenvalue weighted by Crippen LogP contribution is -1.96. The predicted octanol–water partition coefficient (Wildman–Crippen LogP) is 3.33. The van der Waals surface area contributed by atoms with Gasteiger partial charge in [0.15, 0.2) is 0 Å². The molecule has 3 rings (SSSR count). The van der Waals surface area contributed by atoms with Gasteiger partial charge in [-0.25, -0.2) is 9.78 Å². The molecular weight excluding hydrogens is 268 g/mol. The predicted molar refractivity (Wildman–Crippen MR) is 79.7 cm³/mol. The number of hydrogen-bond acceptors (Lipinski definition) is 3. The number of rotatable bonds is 4. The summed E-state index contributed by atoms with van der Waals surface area (Å²) in [6, 6.07) is 12.6. The number of H-pyrrole nitrogens is 1. The Balaban J connectivity index is 2.04. The van der Waals surface area contributed by atoms with Gasteiger partial charge in [-0.3, -0.25) is 0 Å². The molecule has 5 heteroatoms. The Kier molecular flexibility index (Phi) is 3.31. The maximum atomic E-state index is 11.2. The first-order valence-electron chi connectivity index (χ1n) is 6.64. The number of fused-ring (bicyclic) bond motifs is 1. The van der Waals surface area contributed by atoms with Crippen molar-refractivity contribution in [3.63, 3.8) is 0 Å². The van der Waals surface area contributed by atoms with Gasteiger partial charge < -0.3 is 14.8 Å². The summed E-state index contributed by atoms with van der Waals surface area (Å²) in [5, 5.41) is 9.19. The van der Waals surface area contributed by atoms with Crippen LogP contribution in [0.3, 0.4) is 0 Å². The quantitative estimate of drug-likeness (QED) is 0.769. The molecule has 0 radical (unpaired) electrons. The third-order valence-electron chi connectivity index (χ3n) is 3.18. The van der Waals surface area contributed by atoms with Gasteiger partial charge in [-0.05, 0) is 43.3 Å². The molecule has 0 spiro atoms. The van der Waals surface area contributed by atoms with E-state index in [1.807, 2.05) is 37.3 Å². The van der Waals surface area contributed by atoms with E-state index in [0.29, 0.717) is 23.5 Å². The fourth-order valence-electron chi connectivity index (χ4n) is 2.22. The standard InChI is InChI=1S/C16H14N2O3/c1-2-21-11-8-6-10(7-9-11)15-17-13-5-3-4-12(16(19)20)14(13)18-15/h3-9H,2H2,1H3,(H,17,18)(H,19,20). The Morgan fingerprint density at radius 2 is 2.00 bits per heavy atom. The van der Waals surface area contributed by atoms with Crippen LogP contribution in [0.25, 0.3) is 22.4 Å². The number of hydrogen-bond donors (Lipinski definition) is 2. The maximum absolute atomic E-state index is 11.2. The number of carboxylic acids is 1. The van der Waals surface area contributed by atoms with Gasteiger partial charge in [0.2, 0.25) is 0 Å². The molecule has 2 aromatic carbocycles. The Bertz CT molecular complexity index is 791. The van der Waals surface area contributed by atoms with Crippen molar-refractivity contribution in [1.29, 1.82) is 0 Å². The van der Waals surface area contributed by atoms with Gasteiger partial charge >= 0.3 is 5.97 Å². The van der Waals surface area contributed by atoms with Crippen molar-refractivity contribution in [1.82, 2.24) is 9.97 Å². The molecule has 0 aliphatic rings. The molecule has 0 aliphatic heterocycles. The number of ether oxygens (including phenoxy) is 1. The van der Waals surface area contributed by atoms with Gasteiger partial charge in [-0.2, -0.15) is 0 Å². The van der Waals surface area contributed by atoms with E-state index in [1.165, 1.54) is 0 Å². The first kappa shape index (κ1) is 13.2. The second-order valence-electron chi connectivity index (χ2n) is 4.55. The van der Waals surface area contributed by atoms with Crippen LogP contribution in [0.4, 0.5) is 0 Å². The maximum Gasteiger partial charge on any atom is 0.337 e. The van der Waals surface area contributed by atoms with Gasteiger partial charge in [0, 0.05) is 5.56 Å². The molecule has 0 atom stereocenters. The van der Waals surface area contributed by atoms with Gasteiger partial charge in [-0.15, -0.1) is 0 Å². The van der Waals surface area contributed by atoms with Gasteiger partial charge in [0.1, 0.15) is 17.1 Å². The Morgan fingerprint density at radius 1 is 1.24 bits per heavy atom. The number of imidazole rings is 1. The Hall–Kier alpha value is -2.82. The minimum Gasteiger partial charge on any atom is -0.494 e. The third kappa shape index (κ3) is 2.45. The van der Waals surface area contributed by atoms with E-state index in [1.54, 1.807) is 12.1 Å². The molecule has 3 aromatic rings. The van der Waals surface area contributed by atoms with E-state index in [-0.39, 0.29) is 5.56 Å². The van der Waals surface area contributed by atoms with E-state index in [9.17, 15) is 9.90 Å². The van der Waals surface area contributed by atoms with E-state index in [0.717, 1.165) is 11.3 Å². The van der Waals surface area contributed by atoms with Crippen LogP contribution in [-0.4, -0.2) is 27.7 Å². The zero-order valence-corrected chi connectivity index (χ0v) is 11.5. The topological polar surface area (TPSA) is 75.2 Å². The summed E-state index contributed by atoms with van der Waals surface area (Å²) in [4.78, 5) is 18.8. The van der Waals surface area contributed by atoms with Crippen molar-refractivity contribution in [2.75, 3.05) is 6.61 Å². The average molecular weight is 282 g/mol. The molecule has 106 valence electrons. The smallest absolute Gasteiger partial charge is 0.337 e. The summed E-state index contributed by atoms with van der Waals surface area (Å²) in [5.74, 6) is 0.454. The number of carboxylic acid groups (broad SMARTS) is 1. The number of carbonyl (C=O) groups is 1. The molecule has 0 aliphatic carbocycles. The van der Waals surface area contributed by atoms with Crippen LogP contribution < -0.4 is 4.74 Å². The average Bonchev–Trinajstić information content (AvgIpc) is 2.92. The van der Waals surface area contributed by atoms with Crippen LogP contribution in [0.2, 0.25) is 0 Å². The highest BCUT2D eigenvalue weighted by Crippen LogP contribution is 2.24. The van der Waals surface area contributed by atoms with Crippen LogP contribution in [0.5, 0.6) is 5.75 Å². The minimum absolute atomic E-state index is 0.195. The fraction of sp³-hybridized carbons (Fsp3) is 0.125. The normalized spacial score (nSPS) is 10.7. The number of aromatic carboxylic acids is 1. The molecule has 5 nitrogen and oxygen atoms in total. The molecule has 0 fully saturated rings. The zero-order chi connectivity index (χ0) is 14.8. The van der Waals surface area contributed by atoms with Crippen LogP contribution in [0.1, 0.15) is 17.3 Å². The number of aromatic nitrogens is 2. The lowest BCUT2D eigenvalue weighted by molar-refractivity contribution is 0.0699. The van der Waals surface area contributed by atoms with Crippen molar-refractivity contribution in [2.45, 2.75) is 6.92 Å². The highest BCUT2D eigenvalue weighted by atomic mass is 16.5. The van der Waals surface area contributed by atoms with E-state index >= 15 is 0 Å². The summed E-state index contributed by atoms with van der Waals surface area (Å²) < 4.78 is 5.40.